The predicted octanol–water partition coefficient (Wildman–Crippen LogP) is 2.01. The third-order valence-electron chi connectivity index (χ3n) is 4.39. The Kier molecular flexibility index (Phi) is 3.44. The Bertz CT molecular complexity index is 637. The number of hydrogen-bond donors (Lipinski definition) is 3. The number of nitrogens with one attached hydrogen (secondary N) is 3. The first-order chi connectivity index (χ1) is 10.1. The summed E-state index contributed by atoms with van der Waals surface area (Å²) in [7, 11) is 1.81. The molecule has 0 radical (unpaired) electrons. The minimum absolute atomic E-state index is 0.0802. The first-order valence-electron chi connectivity index (χ1n) is 7.33. The molecule has 2 aromatic rings. The van der Waals surface area contributed by atoms with Gasteiger partial charge >= 0.3 is 0 Å². The van der Waals surface area contributed by atoms with Gasteiger partial charge in [-0.3, -0.25) is 5.10 Å². The summed E-state index contributed by atoms with van der Waals surface area (Å²) in [6.07, 6.45) is 3.03. The van der Waals surface area contributed by atoms with Gasteiger partial charge in [0.25, 0.3) is 0 Å². The fourth-order valence-corrected chi connectivity index (χ4v) is 2.84. The van der Waals surface area contributed by atoms with E-state index in [1.165, 1.54) is 0 Å². The fourth-order valence-electron chi connectivity index (χ4n) is 2.84. The molecule has 3 rings (SSSR count). The van der Waals surface area contributed by atoms with E-state index in [0.29, 0.717) is 18.1 Å². The summed E-state index contributed by atoms with van der Waals surface area (Å²) in [6, 6.07) is 0.326. The third-order valence-corrected chi connectivity index (χ3v) is 4.39. The predicted molar refractivity (Wildman–Crippen MR) is 82.5 cm³/mol. The molecule has 1 aliphatic rings. The Labute approximate surface area is 123 Å². The van der Waals surface area contributed by atoms with E-state index in [0.717, 1.165) is 29.9 Å². The van der Waals surface area contributed by atoms with Gasteiger partial charge < -0.3 is 15.4 Å². The number of anilines is 2. The first kappa shape index (κ1) is 14.1. The third kappa shape index (κ3) is 2.31. The van der Waals surface area contributed by atoms with Gasteiger partial charge in [0, 0.05) is 25.1 Å². The largest absolute Gasteiger partial charge is 0.378 e. The van der Waals surface area contributed by atoms with Crippen molar-refractivity contribution >= 4 is 22.8 Å². The Morgan fingerprint density at radius 2 is 2.24 bits per heavy atom. The second kappa shape index (κ2) is 5.14. The van der Waals surface area contributed by atoms with Crippen LogP contribution < -0.4 is 10.6 Å². The lowest BCUT2D eigenvalue weighted by atomic mass is 9.64. The minimum atomic E-state index is 0.0802. The van der Waals surface area contributed by atoms with Gasteiger partial charge in [0.05, 0.1) is 17.7 Å². The topological polar surface area (TPSA) is 87.8 Å². The highest BCUT2D eigenvalue weighted by Gasteiger charge is 2.49. The summed E-state index contributed by atoms with van der Waals surface area (Å²) in [4.78, 5) is 8.86. The van der Waals surface area contributed by atoms with Gasteiger partial charge in [-0.15, -0.1) is 0 Å². The van der Waals surface area contributed by atoms with Crippen molar-refractivity contribution in [2.75, 3.05) is 24.3 Å². The van der Waals surface area contributed by atoms with Crippen LogP contribution in [0.2, 0.25) is 0 Å². The van der Waals surface area contributed by atoms with Gasteiger partial charge in [0.15, 0.2) is 5.65 Å². The van der Waals surface area contributed by atoms with Crippen LogP contribution >= 0.6 is 0 Å². The summed E-state index contributed by atoms with van der Waals surface area (Å²) in [5, 5.41) is 14.3. The van der Waals surface area contributed by atoms with Gasteiger partial charge in [0.1, 0.15) is 5.82 Å². The number of ether oxygens (including phenoxy) is 1. The Morgan fingerprint density at radius 1 is 1.43 bits per heavy atom. The maximum Gasteiger partial charge on any atom is 0.226 e. The van der Waals surface area contributed by atoms with Crippen molar-refractivity contribution in [2.45, 2.75) is 39.3 Å². The van der Waals surface area contributed by atoms with Crippen LogP contribution in [0.4, 0.5) is 11.8 Å². The number of rotatable bonds is 5. The molecule has 0 aliphatic heterocycles. The molecule has 3 N–H and O–H groups in total. The van der Waals surface area contributed by atoms with E-state index in [1.807, 2.05) is 6.92 Å². The van der Waals surface area contributed by atoms with Gasteiger partial charge in [0.2, 0.25) is 5.95 Å². The summed E-state index contributed by atoms with van der Waals surface area (Å²) in [6.45, 7) is 7.24. The number of hydrogen-bond acceptors (Lipinski definition) is 6. The van der Waals surface area contributed by atoms with Gasteiger partial charge in [-0.25, -0.2) is 0 Å². The molecule has 1 aliphatic carbocycles. The molecule has 2 heterocycles. The average molecular weight is 290 g/mol. The lowest BCUT2D eigenvalue weighted by Crippen LogP contribution is -2.58. The molecule has 0 saturated heterocycles. The van der Waals surface area contributed by atoms with Gasteiger partial charge in [-0.05, 0) is 13.3 Å². The summed E-state index contributed by atoms with van der Waals surface area (Å²) < 4.78 is 5.77. The summed E-state index contributed by atoms with van der Waals surface area (Å²) in [5.74, 6) is 1.39. The van der Waals surface area contributed by atoms with Crippen LogP contribution in [-0.4, -0.2) is 46.0 Å². The second-order valence-electron chi connectivity index (χ2n) is 5.98. The van der Waals surface area contributed by atoms with E-state index in [2.05, 4.69) is 44.6 Å². The molecule has 2 aromatic heterocycles. The molecule has 0 spiro atoms. The molecule has 7 heteroatoms. The van der Waals surface area contributed by atoms with E-state index >= 15 is 0 Å². The SMILES string of the molecule is CCOC1CC(Nc2nc(NC)nc3[nH]ncc23)C1(C)C. The zero-order valence-corrected chi connectivity index (χ0v) is 12.9. The maximum atomic E-state index is 5.77. The van der Waals surface area contributed by atoms with Crippen LogP contribution in [0.1, 0.15) is 27.2 Å². The van der Waals surface area contributed by atoms with Crippen molar-refractivity contribution < 1.29 is 4.74 Å². The number of aromatic amines is 1. The lowest BCUT2D eigenvalue weighted by Gasteiger charge is -2.51. The van der Waals surface area contributed by atoms with Crippen molar-refractivity contribution in [1.29, 1.82) is 0 Å². The molecule has 21 heavy (non-hydrogen) atoms. The molecule has 0 amide bonds. The van der Waals surface area contributed by atoms with Crippen LogP contribution in [0.15, 0.2) is 6.20 Å². The number of nitrogens with zero attached hydrogens (tertiary/aromatic N) is 3. The summed E-state index contributed by atoms with van der Waals surface area (Å²) in [5.41, 5.74) is 0.812. The highest BCUT2D eigenvalue weighted by molar-refractivity contribution is 5.87. The molecule has 1 saturated carbocycles. The zero-order chi connectivity index (χ0) is 15.0. The zero-order valence-electron chi connectivity index (χ0n) is 12.9. The van der Waals surface area contributed by atoms with Crippen molar-refractivity contribution in [3.63, 3.8) is 0 Å². The molecular weight excluding hydrogens is 268 g/mol. The van der Waals surface area contributed by atoms with Crippen LogP contribution in [0.5, 0.6) is 0 Å². The lowest BCUT2D eigenvalue weighted by molar-refractivity contribution is -0.0976. The molecule has 0 aromatic carbocycles. The van der Waals surface area contributed by atoms with E-state index in [-0.39, 0.29) is 5.41 Å². The van der Waals surface area contributed by atoms with E-state index in [1.54, 1.807) is 13.2 Å². The number of aromatic nitrogens is 4. The first-order valence-corrected chi connectivity index (χ1v) is 7.33. The van der Waals surface area contributed by atoms with E-state index < -0.39 is 0 Å². The molecule has 7 nitrogen and oxygen atoms in total. The Balaban J connectivity index is 1.84. The monoisotopic (exact) mass is 290 g/mol. The molecular formula is C14H22N6O. The number of H-pyrrole nitrogens is 1. The minimum Gasteiger partial charge on any atom is -0.378 e. The molecule has 2 atom stereocenters. The molecule has 1 fully saturated rings. The normalized spacial score (nSPS) is 23.8. The Morgan fingerprint density at radius 3 is 2.90 bits per heavy atom. The van der Waals surface area contributed by atoms with Crippen LogP contribution in [0.3, 0.4) is 0 Å². The van der Waals surface area contributed by atoms with Crippen molar-refractivity contribution in [2.24, 2.45) is 5.41 Å². The second-order valence-corrected chi connectivity index (χ2v) is 5.98. The van der Waals surface area contributed by atoms with Gasteiger partial charge in [-0.2, -0.15) is 15.1 Å². The Hall–Kier alpha value is -1.89. The number of fused-ring (bicyclic) bond motifs is 1. The van der Waals surface area contributed by atoms with Gasteiger partial charge in [-0.1, -0.05) is 13.8 Å². The average Bonchev–Trinajstić information content (AvgIpc) is 2.94. The van der Waals surface area contributed by atoms with Crippen LogP contribution in [-0.2, 0) is 4.74 Å². The highest BCUT2D eigenvalue weighted by Crippen LogP contribution is 2.44. The molecule has 114 valence electrons. The van der Waals surface area contributed by atoms with Crippen molar-refractivity contribution in [1.82, 2.24) is 20.2 Å². The van der Waals surface area contributed by atoms with Crippen molar-refractivity contribution in [3.05, 3.63) is 6.20 Å². The van der Waals surface area contributed by atoms with E-state index in [4.69, 9.17) is 4.74 Å². The molecule has 0 bridgehead atoms. The maximum absolute atomic E-state index is 5.77. The van der Waals surface area contributed by atoms with Crippen molar-refractivity contribution in [3.8, 4) is 0 Å². The highest BCUT2D eigenvalue weighted by atomic mass is 16.5. The standard InChI is InChI=1S/C14H22N6O/c1-5-21-10-6-9(14(10,2)3)17-11-8-7-16-20-12(8)19-13(15-4)18-11/h7,9-10H,5-6H2,1-4H3,(H3,15,16,17,18,19,20). The quantitative estimate of drug-likeness (QED) is 0.780. The summed E-state index contributed by atoms with van der Waals surface area (Å²) >= 11 is 0. The van der Waals surface area contributed by atoms with E-state index in [9.17, 15) is 0 Å². The van der Waals surface area contributed by atoms with Crippen LogP contribution in [0, 0.1) is 5.41 Å². The molecule has 2 unspecified atom stereocenters. The smallest absolute Gasteiger partial charge is 0.226 e. The fraction of sp³-hybridized carbons (Fsp3) is 0.643. The van der Waals surface area contributed by atoms with Crippen LogP contribution in [0.25, 0.3) is 11.0 Å².